The van der Waals surface area contributed by atoms with Gasteiger partial charge in [0.05, 0.1) is 11.9 Å². The third-order valence-electron chi connectivity index (χ3n) is 5.98. The van der Waals surface area contributed by atoms with Crippen LogP contribution >= 0.6 is 11.3 Å². The van der Waals surface area contributed by atoms with Crippen molar-refractivity contribution in [1.82, 2.24) is 19.5 Å². The number of aromatic nitrogens is 3. The SMILES string of the molecule is CC1CCCN1C1CCN(c2nn3cc(-c4ccc(F)cc4)nc3s2)CC1. The maximum atomic E-state index is 13.1. The van der Waals surface area contributed by atoms with Crippen LogP contribution in [0.4, 0.5) is 9.52 Å². The number of anilines is 1. The fourth-order valence-electron chi connectivity index (χ4n) is 4.46. The van der Waals surface area contributed by atoms with Gasteiger partial charge < -0.3 is 4.90 Å². The van der Waals surface area contributed by atoms with E-state index in [0.717, 1.165) is 46.5 Å². The first-order valence-electron chi connectivity index (χ1n) is 9.80. The summed E-state index contributed by atoms with van der Waals surface area (Å²) in [6.45, 7) is 5.77. The monoisotopic (exact) mass is 385 g/mol. The number of hydrogen-bond donors (Lipinski definition) is 0. The fourth-order valence-corrected chi connectivity index (χ4v) is 5.40. The van der Waals surface area contributed by atoms with E-state index >= 15 is 0 Å². The Morgan fingerprint density at radius 1 is 1.07 bits per heavy atom. The van der Waals surface area contributed by atoms with E-state index in [4.69, 9.17) is 5.10 Å². The van der Waals surface area contributed by atoms with Crippen molar-refractivity contribution in [1.29, 1.82) is 0 Å². The number of rotatable bonds is 3. The minimum atomic E-state index is -0.230. The number of imidazole rings is 1. The zero-order valence-corrected chi connectivity index (χ0v) is 16.3. The second-order valence-electron chi connectivity index (χ2n) is 7.69. The van der Waals surface area contributed by atoms with Crippen LogP contribution in [0.2, 0.25) is 0 Å². The number of fused-ring (bicyclic) bond motifs is 1. The molecule has 2 saturated heterocycles. The van der Waals surface area contributed by atoms with Crippen LogP contribution in [-0.2, 0) is 0 Å². The number of hydrogen-bond acceptors (Lipinski definition) is 5. The van der Waals surface area contributed by atoms with E-state index in [-0.39, 0.29) is 5.82 Å². The van der Waals surface area contributed by atoms with Crippen molar-refractivity contribution in [2.75, 3.05) is 24.5 Å². The van der Waals surface area contributed by atoms with Gasteiger partial charge in [-0.2, -0.15) is 0 Å². The van der Waals surface area contributed by atoms with Gasteiger partial charge in [0.1, 0.15) is 5.82 Å². The van der Waals surface area contributed by atoms with Gasteiger partial charge in [0.15, 0.2) is 0 Å². The Morgan fingerprint density at radius 2 is 1.85 bits per heavy atom. The van der Waals surface area contributed by atoms with Crippen LogP contribution in [0, 0.1) is 5.82 Å². The lowest BCUT2D eigenvalue weighted by atomic mass is 10.0. The fraction of sp³-hybridized carbons (Fsp3) is 0.500. The highest BCUT2D eigenvalue weighted by atomic mass is 32.1. The van der Waals surface area contributed by atoms with Crippen LogP contribution in [0.3, 0.4) is 0 Å². The molecular weight excluding hydrogens is 361 g/mol. The lowest BCUT2D eigenvalue weighted by Crippen LogP contribution is -2.46. The maximum Gasteiger partial charge on any atom is 0.214 e. The second-order valence-corrected chi connectivity index (χ2v) is 8.63. The Morgan fingerprint density at radius 3 is 2.52 bits per heavy atom. The van der Waals surface area contributed by atoms with Gasteiger partial charge in [0.25, 0.3) is 0 Å². The highest BCUT2D eigenvalue weighted by Crippen LogP contribution is 2.31. The first-order valence-corrected chi connectivity index (χ1v) is 10.6. The van der Waals surface area contributed by atoms with Crippen molar-refractivity contribution in [2.24, 2.45) is 0 Å². The summed E-state index contributed by atoms with van der Waals surface area (Å²) < 4.78 is 15.0. The lowest BCUT2D eigenvalue weighted by Gasteiger charge is -2.38. The summed E-state index contributed by atoms with van der Waals surface area (Å²) in [5.41, 5.74) is 1.75. The van der Waals surface area contributed by atoms with Crippen molar-refractivity contribution < 1.29 is 4.39 Å². The normalized spacial score (nSPS) is 22.1. The summed E-state index contributed by atoms with van der Waals surface area (Å²) in [7, 11) is 0. The summed E-state index contributed by atoms with van der Waals surface area (Å²) in [5.74, 6) is -0.230. The molecule has 0 bridgehead atoms. The molecule has 1 atom stereocenters. The van der Waals surface area contributed by atoms with Crippen LogP contribution in [-0.4, -0.2) is 51.2 Å². The summed E-state index contributed by atoms with van der Waals surface area (Å²) in [6.07, 6.45) is 7.06. The maximum absolute atomic E-state index is 13.1. The number of halogens is 1. The average molecular weight is 386 g/mol. The first-order chi connectivity index (χ1) is 13.2. The summed E-state index contributed by atoms with van der Waals surface area (Å²) in [4.78, 5) is 10.7. The van der Waals surface area contributed by atoms with Crippen LogP contribution < -0.4 is 4.90 Å². The molecule has 0 amide bonds. The van der Waals surface area contributed by atoms with Gasteiger partial charge >= 0.3 is 0 Å². The first kappa shape index (κ1) is 17.1. The Bertz CT molecular complexity index is 894. The number of nitrogens with zero attached hydrogens (tertiary/aromatic N) is 5. The molecule has 2 fully saturated rings. The lowest BCUT2D eigenvalue weighted by molar-refractivity contribution is 0.163. The van der Waals surface area contributed by atoms with E-state index < -0.39 is 0 Å². The standard InChI is InChI=1S/C20H24FN5S/c1-14-3-2-10-25(14)17-8-11-24(12-9-17)20-23-26-13-18(22-19(26)27-20)15-4-6-16(21)7-5-15/h4-7,13-14,17H,2-3,8-12H2,1H3. The molecule has 7 heteroatoms. The number of benzene rings is 1. The van der Waals surface area contributed by atoms with Crippen LogP contribution in [0.15, 0.2) is 30.5 Å². The third-order valence-corrected chi connectivity index (χ3v) is 6.96. The molecule has 27 heavy (non-hydrogen) atoms. The Hall–Kier alpha value is -1.99. The molecule has 0 N–H and O–H groups in total. The van der Waals surface area contributed by atoms with E-state index in [1.807, 2.05) is 10.7 Å². The van der Waals surface area contributed by atoms with Crippen LogP contribution in [0.25, 0.3) is 16.2 Å². The molecule has 4 heterocycles. The molecular formula is C20H24FN5S. The van der Waals surface area contributed by atoms with E-state index in [1.54, 1.807) is 23.5 Å². The predicted molar refractivity (Wildman–Crippen MR) is 107 cm³/mol. The van der Waals surface area contributed by atoms with Crippen molar-refractivity contribution in [3.8, 4) is 11.3 Å². The smallest absolute Gasteiger partial charge is 0.214 e. The van der Waals surface area contributed by atoms with Gasteiger partial charge in [-0.15, -0.1) is 5.10 Å². The Labute approximate surface area is 162 Å². The third kappa shape index (κ3) is 3.23. The molecule has 1 unspecified atom stereocenters. The van der Waals surface area contributed by atoms with Gasteiger partial charge in [0.2, 0.25) is 10.1 Å². The molecule has 2 aromatic heterocycles. The van der Waals surface area contributed by atoms with Crippen molar-refractivity contribution in [3.05, 3.63) is 36.3 Å². The van der Waals surface area contributed by atoms with E-state index in [0.29, 0.717) is 0 Å². The largest absolute Gasteiger partial charge is 0.347 e. The van der Waals surface area contributed by atoms with Gasteiger partial charge in [-0.3, -0.25) is 4.90 Å². The van der Waals surface area contributed by atoms with Crippen molar-refractivity contribution in [2.45, 2.75) is 44.7 Å². The quantitative estimate of drug-likeness (QED) is 0.682. The van der Waals surface area contributed by atoms with Crippen LogP contribution in [0.1, 0.15) is 32.6 Å². The molecule has 0 radical (unpaired) electrons. The van der Waals surface area contributed by atoms with E-state index in [1.165, 1.54) is 44.4 Å². The zero-order chi connectivity index (χ0) is 18.4. The van der Waals surface area contributed by atoms with Crippen molar-refractivity contribution >= 4 is 21.4 Å². The van der Waals surface area contributed by atoms with E-state index in [9.17, 15) is 4.39 Å². The highest BCUT2D eigenvalue weighted by Gasteiger charge is 2.31. The molecule has 0 saturated carbocycles. The van der Waals surface area contributed by atoms with Gasteiger partial charge in [-0.1, -0.05) is 11.3 Å². The van der Waals surface area contributed by atoms with Crippen molar-refractivity contribution in [3.63, 3.8) is 0 Å². The number of piperidine rings is 1. The Balaban J connectivity index is 1.29. The van der Waals surface area contributed by atoms with Gasteiger partial charge in [0, 0.05) is 30.7 Å². The minimum Gasteiger partial charge on any atom is -0.347 e. The minimum absolute atomic E-state index is 0.230. The van der Waals surface area contributed by atoms with Gasteiger partial charge in [-0.05, 0) is 63.4 Å². The molecule has 2 aliphatic rings. The molecule has 1 aromatic carbocycles. The molecule has 5 nitrogen and oxygen atoms in total. The average Bonchev–Trinajstić information content (AvgIpc) is 3.37. The molecule has 2 aliphatic heterocycles. The second kappa shape index (κ2) is 6.87. The van der Waals surface area contributed by atoms with Crippen LogP contribution in [0.5, 0.6) is 0 Å². The Kier molecular flexibility index (Phi) is 4.36. The predicted octanol–water partition coefficient (Wildman–Crippen LogP) is 4.05. The summed E-state index contributed by atoms with van der Waals surface area (Å²) in [5, 5.41) is 5.80. The van der Waals surface area contributed by atoms with Gasteiger partial charge in [-0.25, -0.2) is 13.9 Å². The number of likely N-dealkylation sites (tertiary alicyclic amines) is 1. The summed E-state index contributed by atoms with van der Waals surface area (Å²) >= 11 is 1.64. The summed E-state index contributed by atoms with van der Waals surface area (Å²) in [6, 6.07) is 7.92. The highest BCUT2D eigenvalue weighted by molar-refractivity contribution is 7.20. The van der Waals surface area contributed by atoms with E-state index in [2.05, 4.69) is 21.7 Å². The molecule has 3 aromatic rings. The molecule has 0 spiro atoms. The molecule has 142 valence electrons. The topological polar surface area (TPSA) is 36.7 Å². The zero-order valence-electron chi connectivity index (χ0n) is 15.5. The molecule has 0 aliphatic carbocycles. The molecule has 5 rings (SSSR count).